The van der Waals surface area contributed by atoms with Crippen molar-refractivity contribution in [3.05, 3.63) is 12.3 Å². The first kappa shape index (κ1) is 23.8. The van der Waals surface area contributed by atoms with E-state index in [1.165, 1.54) is 51.4 Å². The molecule has 4 heterocycles. The van der Waals surface area contributed by atoms with Crippen LogP contribution >= 0.6 is 0 Å². The molecule has 1 aliphatic carbocycles. The Hall–Kier alpha value is -1.89. The van der Waals surface area contributed by atoms with Gasteiger partial charge < -0.3 is 15.1 Å². The summed E-state index contributed by atoms with van der Waals surface area (Å²) in [5.41, 5.74) is 0. The summed E-state index contributed by atoms with van der Waals surface area (Å²) in [5, 5.41) is 3.62. The molecule has 3 aliphatic heterocycles. The van der Waals surface area contributed by atoms with Crippen LogP contribution in [0.15, 0.2) is 12.3 Å². The number of piperidine rings is 1. The molecule has 3 saturated heterocycles. The molecule has 1 aromatic heterocycles. The molecule has 34 heavy (non-hydrogen) atoms. The van der Waals surface area contributed by atoms with Crippen LogP contribution in [0.25, 0.3) is 0 Å². The van der Waals surface area contributed by atoms with Crippen molar-refractivity contribution in [2.75, 3.05) is 49.5 Å². The summed E-state index contributed by atoms with van der Waals surface area (Å²) in [6.07, 6.45) is 17.7. The van der Waals surface area contributed by atoms with Gasteiger partial charge in [0.15, 0.2) is 0 Å². The number of aromatic nitrogens is 2. The predicted molar refractivity (Wildman–Crippen MR) is 137 cm³/mol. The molecule has 4 aliphatic rings. The van der Waals surface area contributed by atoms with E-state index in [9.17, 15) is 4.79 Å². The van der Waals surface area contributed by atoms with Gasteiger partial charge in [-0.1, -0.05) is 38.5 Å². The Morgan fingerprint density at radius 1 is 0.912 bits per heavy atom. The number of hydrogen-bond acceptors (Lipinski definition) is 6. The third kappa shape index (κ3) is 6.21. The van der Waals surface area contributed by atoms with Crippen molar-refractivity contribution in [3.8, 4) is 0 Å². The molecule has 0 bridgehead atoms. The maximum atomic E-state index is 12.7. The minimum absolute atomic E-state index is 0.396. The van der Waals surface area contributed by atoms with Crippen molar-refractivity contribution in [1.82, 2.24) is 19.8 Å². The summed E-state index contributed by atoms with van der Waals surface area (Å²) >= 11 is 0. The molecule has 0 spiro atoms. The maximum Gasteiger partial charge on any atom is 0.224 e. The largest absolute Gasteiger partial charge is 0.356 e. The molecule has 7 heteroatoms. The maximum absolute atomic E-state index is 12.7. The van der Waals surface area contributed by atoms with Gasteiger partial charge in [-0.3, -0.25) is 9.69 Å². The number of carbonyl (C=O) groups is 1. The fourth-order valence-electron chi connectivity index (χ4n) is 6.58. The van der Waals surface area contributed by atoms with Crippen LogP contribution in [0.2, 0.25) is 0 Å². The van der Waals surface area contributed by atoms with Gasteiger partial charge in [0.25, 0.3) is 0 Å². The molecule has 4 fully saturated rings. The Labute approximate surface area is 205 Å². The van der Waals surface area contributed by atoms with Gasteiger partial charge in [-0.2, -0.15) is 4.98 Å². The number of likely N-dealkylation sites (tertiary alicyclic amines) is 2. The monoisotopic (exact) mass is 468 g/mol. The van der Waals surface area contributed by atoms with Gasteiger partial charge in [-0.05, 0) is 50.5 Å². The van der Waals surface area contributed by atoms with Gasteiger partial charge in [-0.15, -0.1) is 0 Å². The second-order valence-corrected chi connectivity index (χ2v) is 11.1. The highest BCUT2D eigenvalue weighted by atomic mass is 16.2. The van der Waals surface area contributed by atoms with Crippen LogP contribution in [0.1, 0.15) is 83.5 Å². The quantitative estimate of drug-likeness (QED) is 0.644. The number of rotatable bonds is 7. The zero-order chi connectivity index (χ0) is 23.2. The first-order valence-electron chi connectivity index (χ1n) is 14.1. The molecular weight excluding hydrogens is 424 g/mol. The average Bonchev–Trinajstić information content (AvgIpc) is 3.49. The molecular formula is C27H44N6O. The van der Waals surface area contributed by atoms with Crippen molar-refractivity contribution in [2.24, 2.45) is 5.92 Å². The first-order valence-corrected chi connectivity index (χ1v) is 14.1. The van der Waals surface area contributed by atoms with E-state index in [2.05, 4.69) is 31.1 Å². The van der Waals surface area contributed by atoms with Gasteiger partial charge >= 0.3 is 0 Å². The molecule has 1 amide bonds. The smallest absolute Gasteiger partial charge is 0.224 e. The van der Waals surface area contributed by atoms with E-state index in [4.69, 9.17) is 4.98 Å². The number of nitrogens with one attached hydrogen (secondary N) is 1. The molecule has 188 valence electrons. The first-order chi connectivity index (χ1) is 16.7. The van der Waals surface area contributed by atoms with Gasteiger partial charge in [0.2, 0.25) is 11.9 Å². The zero-order valence-corrected chi connectivity index (χ0v) is 21.0. The topological polar surface area (TPSA) is 64.6 Å². The van der Waals surface area contributed by atoms with Crippen molar-refractivity contribution in [3.63, 3.8) is 0 Å². The van der Waals surface area contributed by atoms with Crippen LogP contribution in [0.4, 0.5) is 11.8 Å². The number of nitrogens with zero attached hydrogens (tertiary/aromatic N) is 5. The minimum Gasteiger partial charge on any atom is -0.356 e. The SMILES string of the molecule is O=C(CCC1CCCC1)N1CCC(N2CCC(Nc3nccc(N4CCCCCC4)n3)C2)CC1. The number of carbonyl (C=O) groups excluding carboxylic acids is 1. The van der Waals surface area contributed by atoms with Crippen LogP contribution in [0, 0.1) is 5.92 Å². The highest BCUT2D eigenvalue weighted by Crippen LogP contribution is 2.29. The third-order valence-electron chi connectivity index (χ3n) is 8.70. The number of anilines is 2. The molecule has 0 radical (unpaired) electrons. The molecule has 1 N–H and O–H groups in total. The Morgan fingerprint density at radius 3 is 2.44 bits per heavy atom. The second-order valence-electron chi connectivity index (χ2n) is 11.1. The molecule has 1 atom stereocenters. The number of amides is 1. The van der Waals surface area contributed by atoms with E-state index >= 15 is 0 Å². The van der Waals surface area contributed by atoms with Gasteiger partial charge in [-0.25, -0.2) is 4.98 Å². The average molecular weight is 469 g/mol. The van der Waals surface area contributed by atoms with E-state index in [1.807, 2.05) is 6.20 Å². The van der Waals surface area contributed by atoms with Crippen LogP contribution in [-0.2, 0) is 4.79 Å². The highest BCUT2D eigenvalue weighted by molar-refractivity contribution is 5.76. The van der Waals surface area contributed by atoms with Gasteiger partial charge in [0.05, 0.1) is 0 Å². The zero-order valence-electron chi connectivity index (χ0n) is 21.0. The summed E-state index contributed by atoms with van der Waals surface area (Å²) in [4.78, 5) is 29.3. The normalized spacial score (nSPS) is 25.6. The van der Waals surface area contributed by atoms with E-state index < -0.39 is 0 Å². The van der Waals surface area contributed by atoms with Gasteiger partial charge in [0, 0.05) is 64.0 Å². The Balaban J connectivity index is 1.05. The second kappa shape index (κ2) is 11.7. The van der Waals surface area contributed by atoms with E-state index in [1.54, 1.807) is 0 Å². The van der Waals surface area contributed by atoms with E-state index in [0.29, 0.717) is 18.0 Å². The predicted octanol–water partition coefficient (Wildman–Crippen LogP) is 4.30. The molecule has 5 rings (SSSR count). The summed E-state index contributed by atoms with van der Waals surface area (Å²) in [7, 11) is 0. The Kier molecular flexibility index (Phi) is 8.20. The lowest BCUT2D eigenvalue weighted by Crippen LogP contribution is -2.46. The summed E-state index contributed by atoms with van der Waals surface area (Å²) in [6, 6.07) is 3.07. The van der Waals surface area contributed by atoms with Crippen molar-refractivity contribution in [1.29, 1.82) is 0 Å². The van der Waals surface area contributed by atoms with E-state index in [0.717, 1.165) is 89.1 Å². The molecule has 0 aromatic carbocycles. The third-order valence-corrected chi connectivity index (χ3v) is 8.70. The molecule has 1 saturated carbocycles. The summed E-state index contributed by atoms with van der Waals surface area (Å²) in [5.74, 6) is 3.05. The fourth-order valence-corrected chi connectivity index (χ4v) is 6.58. The summed E-state index contributed by atoms with van der Waals surface area (Å²) < 4.78 is 0. The lowest BCUT2D eigenvalue weighted by atomic mass is 9.99. The lowest BCUT2D eigenvalue weighted by Gasteiger charge is -2.37. The van der Waals surface area contributed by atoms with Crippen molar-refractivity contribution >= 4 is 17.7 Å². The Morgan fingerprint density at radius 2 is 1.68 bits per heavy atom. The fraction of sp³-hybridized carbons (Fsp3) is 0.815. The molecule has 7 nitrogen and oxygen atoms in total. The molecule has 1 aromatic rings. The van der Waals surface area contributed by atoms with Crippen LogP contribution in [0.3, 0.4) is 0 Å². The van der Waals surface area contributed by atoms with Crippen molar-refractivity contribution < 1.29 is 4.79 Å². The molecule has 1 unspecified atom stereocenters. The Bertz CT molecular complexity index is 781. The van der Waals surface area contributed by atoms with Crippen LogP contribution < -0.4 is 10.2 Å². The van der Waals surface area contributed by atoms with E-state index in [-0.39, 0.29) is 0 Å². The van der Waals surface area contributed by atoms with Crippen LogP contribution in [0.5, 0.6) is 0 Å². The van der Waals surface area contributed by atoms with Gasteiger partial charge in [0.1, 0.15) is 5.82 Å². The lowest BCUT2D eigenvalue weighted by molar-refractivity contribution is -0.133. The highest BCUT2D eigenvalue weighted by Gasteiger charge is 2.32. The van der Waals surface area contributed by atoms with Crippen molar-refractivity contribution in [2.45, 2.75) is 95.6 Å². The number of hydrogen-bond donors (Lipinski definition) is 1. The minimum atomic E-state index is 0.396. The van der Waals surface area contributed by atoms with Crippen LogP contribution in [-0.4, -0.2) is 77.0 Å². The summed E-state index contributed by atoms with van der Waals surface area (Å²) in [6.45, 7) is 6.26. The standard InChI is InChI=1S/C27H44N6O/c34-26(10-9-22-7-3-4-8-22)32-19-13-24(14-20-32)33-18-12-23(21-33)29-27-28-15-11-25(30-27)31-16-5-1-2-6-17-31/h11,15,22-24H,1-10,12-14,16-21H2,(H,28,29,30).